The van der Waals surface area contributed by atoms with Crippen LogP contribution in [0.15, 0.2) is 29.2 Å². The molecule has 2 rings (SSSR count). The number of nitrogens with zero attached hydrogens (tertiary/aromatic N) is 1. The first-order valence-electron chi connectivity index (χ1n) is 4.90. The molecule has 0 aromatic heterocycles. The van der Waals surface area contributed by atoms with Crippen molar-refractivity contribution >= 4 is 33.3 Å². The minimum atomic E-state index is -4.26. The lowest BCUT2D eigenvalue weighted by molar-refractivity contribution is -0.117. The van der Waals surface area contributed by atoms with Crippen molar-refractivity contribution < 1.29 is 17.8 Å². The average molecular weight is 276 g/mol. The highest BCUT2D eigenvalue weighted by Crippen LogP contribution is 2.26. The Balaban J connectivity index is 2.38. The number of carbonyl (C=O) groups is 1. The summed E-state index contributed by atoms with van der Waals surface area (Å²) in [6.45, 7) is 0.343. The Kier molecular flexibility index (Phi) is 3.11. The molecule has 0 bridgehead atoms. The topological polar surface area (TPSA) is 74.7 Å². The predicted octanol–water partition coefficient (Wildman–Crippen LogP) is 1.28. The van der Waals surface area contributed by atoms with Crippen molar-refractivity contribution in [2.24, 2.45) is 0 Å². The molecule has 0 spiro atoms. The molecular weight excluding hydrogens is 266 g/mol. The number of halogens is 1. The van der Waals surface area contributed by atoms with Crippen molar-refractivity contribution in [1.29, 1.82) is 0 Å². The van der Waals surface area contributed by atoms with E-state index in [1.807, 2.05) is 0 Å². The van der Waals surface area contributed by atoms with E-state index in [0.29, 0.717) is 12.2 Å². The summed E-state index contributed by atoms with van der Waals surface area (Å²) in [5, 5.41) is -0.267. The van der Waals surface area contributed by atoms with E-state index in [4.69, 9.17) is 16.2 Å². The summed E-state index contributed by atoms with van der Waals surface area (Å²) in [6, 6.07) is 5.58. The summed E-state index contributed by atoms with van der Waals surface area (Å²) in [4.78, 5) is 12.7. The molecule has 17 heavy (non-hydrogen) atoms. The lowest BCUT2D eigenvalue weighted by Crippen LogP contribution is -2.24. The average Bonchev–Trinajstić information content (AvgIpc) is 2.57. The van der Waals surface area contributed by atoms with Gasteiger partial charge in [-0.3, -0.25) is 9.35 Å². The standard InChI is InChI=1S/C10H10ClNO4S/c11-7-4-10(13)12(6-7)8-2-1-3-9(5-8)17(14,15)16/h1-3,5,7H,4,6H2,(H,14,15,16). The molecule has 0 saturated carbocycles. The SMILES string of the molecule is O=C1CC(Cl)CN1c1cccc(S(=O)(=O)O)c1. The first kappa shape index (κ1) is 12.3. The summed E-state index contributed by atoms with van der Waals surface area (Å²) in [5.74, 6) is -0.155. The van der Waals surface area contributed by atoms with Gasteiger partial charge in [-0.1, -0.05) is 6.07 Å². The fraction of sp³-hybridized carbons (Fsp3) is 0.300. The number of alkyl halides is 1. The first-order chi connectivity index (χ1) is 7.88. The Labute approximate surface area is 104 Å². The maximum absolute atomic E-state index is 11.6. The Morgan fingerprint density at radius 3 is 2.65 bits per heavy atom. The van der Waals surface area contributed by atoms with Crippen LogP contribution in [0.25, 0.3) is 0 Å². The van der Waals surface area contributed by atoms with Crippen LogP contribution in [0.1, 0.15) is 6.42 Å². The lowest BCUT2D eigenvalue weighted by atomic mass is 10.3. The van der Waals surface area contributed by atoms with Crippen LogP contribution in [0.4, 0.5) is 5.69 Å². The molecule has 92 valence electrons. The fourth-order valence-electron chi connectivity index (χ4n) is 1.73. The molecule has 1 aliphatic rings. The Bertz CT molecular complexity index is 557. The van der Waals surface area contributed by atoms with Gasteiger partial charge in [-0.2, -0.15) is 8.42 Å². The smallest absolute Gasteiger partial charge is 0.294 e. The summed E-state index contributed by atoms with van der Waals surface area (Å²) in [7, 11) is -4.26. The summed E-state index contributed by atoms with van der Waals surface area (Å²) in [5.41, 5.74) is 0.424. The molecule has 1 aromatic carbocycles. The molecule has 7 heteroatoms. The number of hydrogen-bond acceptors (Lipinski definition) is 3. The van der Waals surface area contributed by atoms with Crippen LogP contribution in [-0.4, -0.2) is 30.8 Å². The third-order valence-corrected chi connectivity index (χ3v) is 3.65. The summed E-state index contributed by atoms with van der Waals surface area (Å²) >= 11 is 5.85. The van der Waals surface area contributed by atoms with Gasteiger partial charge < -0.3 is 4.90 Å². The Hall–Kier alpha value is -1.11. The van der Waals surface area contributed by atoms with Crippen LogP contribution in [0, 0.1) is 0 Å². The molecule has 1 saturated heterocycles. The molecule has 0 radical (unpaired) electrons. The number of anilines is 1. The molecule has 1 fully saturated rings. The molecular formula is C10H10ClNO4S. The van der Waals surface area contributed by atoms with E-state index in [9.17, 15) is 13.2 Å². The van der Waals surface area contributed by atoms with Gasteiger partial charge in [0.05, 0.1) is 10.3 Å². The van der Waals surface area contributed by atoms with Crippen molar-refractivity contribution in [2.45, 2.75) is 16.7 Å². The van der Waals surface area contributed by atoms with Crippen LogP contribution in [0.5, 0.6) is 0 Å². The van der Waals surface area contributed by atoms with Gasteiger partial charge in [-0.05, 0) is 18.2 Å². The van der Waals surface area contributed by atoms with Crippen LogP contribution >= 0.6 is 11.6 Å². The fourth-order valence-corrected chi connectivity index (χ4v) is 2.52. The molecule has 5 nitrogen and oxygen atoms in total. The van der Waals surface area contributed by atoms with Crippen molar-refractivity contribution in [2.75, 3.05) is 11.4 Å². The highest BCUT2D eigenvalue weighted by molar-refractivity contribution is 7.85. The van der Waals surface area contributed by atoms with Crippen LogP contribution < -0.4 is 4.90 Å². The molecule has 1 aromatic rings. The lowest BCUT2D eigenvalue weighted by Gasteiger charge is -2.16. The van der Waals surface area contributed by atoms with E-state index >= 15 is 0 Å². The zero-order valence-corrected chi connectivity index (χ0v) is 10.3. The zero-order valence-electron chi connectivity index (χ0n) is 8.71. The second-order valence-corrected chi connectivity index (χ2v) is 5.82. The number of rotatable bonds is 2. The van der Waals surface area contributed by atoms with Crippen LogP contribution in [0.3, 0.4) is 0 Å². The van der Waals surface area contributed by atoms with Crippen LogP contribution in [0.2, 0.25) is 0 Å². The molecule has 1 heterocycles. The van der Waals surface area contributed by atoms with E-state index in [2.05, 4.69) is 0 Å². The maximum Gasteiger partial charge on any atom is 0.294 e. The van der Waals surface area contributed by atoms with E-state index in [0.717, 1.165) is 0 Å². The minimum Gasteiger partial charge on any atom is -0.311 e. The highest BCUT2D eigenvalue weighted by atomic mass is 35.5. The van der Waals surface area contributed by atoms with Crippen molar-refractivity contribution in [3.05, 3.63) is 24.3 Å². The molecule has 1 unspecified atom stereocenters. The van der Waals surface area contributed by atoms with E-state index in [1.54, 1.807) is 6.07 Å². The molecule has 1 atom stereocenters. The molecule has 1 amide bonds. The van der Waals surface area contributed by atoms with Gasteiger partial charge >= 0.3 is 0 Å². The highest BCUT2D eigenvalue weighted by Gasteiger charge is 2.29. The summed E-state index contributed by atoms with van der Waals surface area (Å²) < 4.78 is 30.9. The number of hydrogen-bond donors (Lipinski definition) is 1. The Morgan fingerprint density at radius 2 is 2.12 bits per heavy atom. The maximum atomic E-state index is 11.6. The van der Waals surface area contributed by atoms with E-state index < -0.39 is 10.1 Å². The van der Waals surface area contributed by atoms with Gasteiger partial charge in [-0.25, -0.2) is 0 Å². The third-order valence-electron chi connectivity index (χ3n) is 2.50. The van der Waals surface area contributed by atoms with Gasteiger partial charge in [0.25, 0.3) is 10.1 Å². The Morgan fingerprint density at radius 1 is 1.41 bits per heavy atom. The molecule has 0 aliphatic carbocycles. The quantitative estimate of drug-likeness (QED) is 0.652. The van der Waals surface area contributed by atoms with Gasteiger partial charge in [0.1, 0.15) is 0 Å². The first-order valence-corrected chi connectivity index (χ1v) is 6.77. The zero-order chi connectivity index (χ0) is 12.6. The normalized spacial score (nSPS) is 20.9. The summed E-state index contributed by atoms with van der Waals surface area (Å²) in [6.07, 6.45) is 0.234. The number of benzene rings is 1. The number of carbonyl (C=O) groups excluding carboxylic acids is 1. The number of amides is 1. The second-order valence-electron chi connectivity index (χ2n) is 3.78. The molecule has 1 aliphatic heterocycles. The van der Waals surface area contributed by atoms with Crippen LogP contribution in [-0.2, 0) is 14.9 Å². The van der Waals surface area contributed by atoms with Gasteiger partial charge in [-0.15, -0.1) is 11.6 Å². The second kappa shape index (κ2) is 4.29. The monoisotopic (exact) mass is 275 g/mol. The largest absolute Gasteiger partial charge is 0.311 e. The predicted molar refractivity (Wildman–Crippen MR) is 62.9 cm³/mol. The van der Waals surface area contributed by atoms with Gasteiger partial charge in [0.15, 0.2) is 0 Å². The van der Waals surface area contributed by atoms with E-state index in [-0.39, 0.29) is 22.6 Å². The van der Waals surface area contributed by atoms with Crippen molar-refractivity contribution in [1.82, 2.24) is 0 Å². The van der Waals surface area contributed by atoms with E-state index in [1.165, 1.54) is 23.1 Å². The van der Waals surface area contributed by atoms with Crippen molar-refractivity contribution in [3.63, 3.8) is 0 Å². The van der Waals surface area contributed by atoms with Crippen molar-refractivity contribution in [3.8, 4) is 0 Å². The minimum absolute atomic E-state index is 0.155. The third kappa shape index (κ3) is 2.59. The van der Waals surface area contributed by atoms with Gasteiger partial charge in [0, 0.05) is 18.7 Å². The molecule has 1 N–H and O–H groups in total. The van der Waals surface area contributed by atoms with Gasteiger partial charge in [0.2, 0.25) is 5.91 Å².